The van der Waals surface area contributed by atoms with E-state index in [-0.39, 0.29) is 0 Å². The maximum absolute atomic E-state index is 2.67. The largest absolute Gasteiger partial charge is 0.361 e. The average molecular weight is 263 g/mol. The van der Waals surface area contributed by atoms with Crippen LogP contribution in [0.5, 0.6) is 0 Å². The summed E-state index contributed by atoms with van der Waals surface area (Å²) in [6.45, 7) is 4.63. The third-order valence-electron chi connectivity index (χ3n) is 5.26. The Bertz CT molecular complexity index is 646. The first-order chi connectivity index (χ1) is 9.77. The molecule has 0 radical (unpaired) electrons. The molecule has 2 aromatic rings. The van der Waals surface area contributed by atoms with Crippen molar-refractivity contribution in [2.45, 2.75) is 44.7 Å². The highest BCUT2D eigenvalue weighted by atomic mass is 15.2. The summed E-state index contributed by atoms with van der Waals surface area (Å²) < 4.78 is 0. The number of para-hydroxylation sites is 1. The third-order valence-corrected chi connectivity index (χ3v) is 5.26. The van der Waals surface area contributed by atoms with Gasteiger partial charge in [0.1, 0.15) is 0 Å². The molecule has 0 spiro atoms. The van der Waals surface area contributed by atoms with Crippen LogP contribution >= 0.6 is 0 Å². The topological polar surface area (TPSA) is 3.24 Å². The number of benzene rings is 2. The van der Waals surface area contributed by atoms with Crippen molar-refractivity contribution in [1.82, 2.24) is 0 Å². The molecule has 1 saturated heterocycles. The summed E-state index contributed by atoms with van der Waals surface area (Å²) in [6.07, 6.45) is 2.63. The number of fused-ring (bicyclic) bond motifs is 2. The molecule has 2 bridgehead atoms. The van der Waals surface area contributed by atoms with Gasteiger partial charge in [0.2, 0.25) is 0 Å². The predicted molar refractivity (Wildman–Crippen MR) is 84.3 cm³/mol. The minimum Gasteiger partial charge on any atom is -0.361 e. The lowest BCUT2D eigenvalue weighted by atomic mass is 9.70. The van der Waals surface area contributed by atoms with Crippen LogP contribution in [-0.4, -0.2) is 6.04 Å². The van der Waals surface area contributed by atoms with Gasteiger partial charge in [-0.2, -0.15) is 0 Å². The molecule has 2 aromatic carbocycles. The second-order valence-corrected chi connectivity index (χ2v) is 6.26. The molecule has 1 fully saturated rings. The first kappa shape index (κ1) is 12.0. The standard InChI is InChI=1S/C19H21N/c1-13-7-3-6-10-18(13)20-14(2)15-11-12-19(20)17-9-5-4-8-16(15)17/h3-10,14-15,19H,11-12H2,1-2H3. The van der Waals surface area contributed by atoms with E-state index < -0.39 is 0 Å². The Hall–Kier alpha value is -1.76. The van der Waals surface area contributed by atoms with Crippen molar-refractivity contribution in [2.24, 2.45) is 0 Å². The molecular weight excluding hydrogens is 242 g/mol. The predicted octanol–water partition coefficient (Wildman–Crippen LogP) is 4.82. The van der Waals surface area contributed by atoms with Crippen molar-refractivity contribution >= 4 is 5.69 Å². The molecule has 1 heteroatoms. The molecule has 2 heterocycles. The number of anilines is 1. The van der Waals surface area contributed by atoms with Gasteiger partial charge in [-0.15, -0.1) is 0 Å². The van der Waals surface area contributed by atoms with Gasteiger partial charge in [0, 0.05) is 17.6 Å². The number of aryl methyl sites for hydroxylation is 1. The monoisotopic (exact) mass is 263 g/mol. The molecule has 3 atom stereocenters. The Morgan fingerprint density at radius 1 is 0.900 bits per heavy atom. The molecular formula is C19H21N. The Labute approximate surface area is 121 Å². The molecule has 3 aliphatic rings. The van der Waals surface area contributed by atoms with Gasteiger partial charge in [-0.25, -0.2) is 0 Å². The maximum Gasteiger partial charge on any atom is 0.0548 e. The van der Waals surface area contributed by atoms with E-state index in [1.807, 2.05) is 0 Å². The fraction of sp³-hybridized carbons (Fsp3) is 0.368. The van der Waals surface area contributed by atoms with Crippen LogP contribution in [0.2, 0.25) is 0 Å². The van der Waals surface area contributed by atoms with Gasteiger partial charge < -0.3 is 4.90 Å². The van der Waals surface area contributed by atoms with Crippen LogP contribution in [0.3, 0.4) is 0 Å². The molecule has 20 heavy (non-hydrogen) atoms. The fourth-order valence-corrected chi connectivity index (χ4v) is 4.31. The van der Waals surface area contributed by atoms with Gasteiger partial charge in [-0.3, -0.25) is 0 Å². The first-order valence-electron chi connectivity index (χ1n) is 7.70. The number of hydrogen-bond acceptors (Lipinski definition) is 1. The van der Waals surface area contributed by atoms with E-state index in [0.29, 0.717) is 18.0 Å². The molecule has 1 aliphatic carbocycles. The first-order valence-corrected chi connectivity index (χ1v) is 7.70. The molecule has 5 rings (SSSR count). The number of nitrogens with zero attached hydrogens (tertiary/aromatic N) is 1. The quantitative estimate of drug-likeness (QED) is 0.713. The Kier molecular flexibility index (Phi) is 2.63. The van der Waals surface area contributed by atoms with Crippen molar-refractivity contribution in [3.05, 3.63) is 65.2 Å². The third kappa shape index (κ3) is 1.56. The van der Waals surface area contributed by atoms with Gasteiger partial charge in [0.15, 0.2) is 0 Å². The number of piperidine rings is 1. The Morgan fingerprint density at radius 2 is 1.60 bits per heavy atom. The Morgan fingerprint density at radius 3 is 2.40 bits per heavy atom. The van der Waals surface area contributed by atoms with Crippen LogP contribution in [-0.2, 0) is 0 Å². The summed E-state index contributed by atoms with van der Waals surface area (Å²) in [7, 11) is 0. The van der Waals surface area contributed by atoms with Crippen LogP contribution in [0.1, 0.15) is 48.4 Å². The smallest absolute Gasteiger partial charge is 0.0548 e. The van der Waals surface area contributed by atoms with Crippen molar-refractivity contribution < 1.29 is 0 Å². The van der Waals surface area contributed by atoms with Gasteiger partial charge in [0.05, 0.1) is 6.04 Å². The van der Waals surface area contributed by atoms with E-state index in [1.54, 1.807) is 11.1 Å². The van der Waals surface area contributed by atoms with Crippen molar-refractivity contribution in [3.8, 4) is 0 Å². The van der Waals surface area contributed by atoms with Crippen LogP contribution in [0.15, 0.2) is 48.5 Å². The van der Waals surface area contributed by atoms with E-state index in [0.717, 1.165) is 0 Å². The van der Waals surface area contributed by atoms with Crippen molar-refractivity contribution in [3.63, 3.8) is 0 Å². The molecule has 102 valence electrons. The highest BCUT2D eigenvalue weighted by molar-refractivity contribution is 5.59. The summed E-state index contributed by atoms with van der Waals surface area (Å²) in [5.41, 5.74) is 5.97. The summed E-state index contributed by atoms with van der Waals surface area (Å²) in [4.78, 5) is 2.67. The Balaban J connectivity index is 1.87. The van der Waals surface area contributed by atoms with Crippen molar-refractivity contribution in [1.29, 1.82) is 0 Å². The van der Waals surface area contributed by atoms with E-state index in [9.17, 15) is 0 Å². The van der Waals surface area contributed by atoms with E-state index in [2.05, 4.69) is 67.3 Å². The summed E-state index contributed by atoms with van der Waals surface area (Å²) >= 11 is 0. The van der Waals surface area contributed by atoms with Crippen molar-refractivity contribution in [2.75, 3.05) is 4.90 Å². The minimum atomic E-state index is 0.562. The highest BCUT2D eigenvalue weighted by Crippen LogP contribution is 2.51. The van der Waals surface area contributed by atoms with E-state index in [1.165, 1.54) is 24.1 Å². The SMILES string of the molecule is Cc1ccccc1N1C2CCC(c3ccccc32)C1C. The van der Waals surface area contributed by atoms with Crippen LogP contribution in [0.4, 0.5) is 5.69 Å². The lowest BCUT2D eigenvalue weighted by Gasteiger charge is -2.53. The summed E-state index contributed by atoms with van der Waals surface area (Å²) in [6, 6.07) is 19.1. The van der Waals surface area contributed by atoms with Gasteiger partial charge in [0.25, 0.3) is 0 Å². The molecule has 3 unspecified atom stereocenters. The zero-order valence-corrected chi connectivity index (χ0v) is 12.2. The molecule has 1 nitrogen and oxygen atoms in total. The normalized spacial score (nSPS) is 27.5. The highest BCUT2D eigenvalue weighted by Gasteiger charge is 2.43. The summed E-state index contributed by atoms with van der Waals surface area (Å²) in [5.74, 6) is 0.691. The second-order valence-electron chi connectivity index (χ2n) is 6.26. The zero-order chi connectivity index (χ0) is 13.7. The number of rotatable bonds is 1. The van der Waals surface area contributed by atoms with E-state index >= 15 is 0 Å². The van der Waals surface area contributed by atoms with Crippen LogP contribution in [0, 0.1) is 6.92 Å². The average Bonchev–Trinajstić information content (AvgIpc) is 2.49. The molecule has 2 aliphatic heterocycles. The molecule has 0 saturated carbocycles. The molecule has 0 aromatic heterocycles. The minimum absolute atomic E-state index is 0.562. The van der Waals surface area contributed by atoms with E-state index in [4.69, 9.17) is 0 Å². The fourth-order valence-electron chi connectivity index (χ4n) is 4.31. The summed E-state index contributed by atoms with van der Waals surface area (Å²) in [5, 5.41) is 0. The number of hydrogen-bond donors (Lipinski definition) is 0. The van der Waals surface area contributed by atoms with Gasteiger partial charge >= 0.3 is 0 Å². The van der Waals surface area contributed by atoms with Gasteiger partial charge in [-0.05, 0) is 49.4 Å². The maximum atomic E-state index is 2.67. The lowest BCUT2D eigenvalue weighted by Crippen LogP contribution is -2.49. The molecule has 0 amide bonds. The molecule has 0 N–H and O–H groups in total. The van der Waals surface area contributed by atoms with Gasteiger partial charge in [-0.1, -0.05) is 42.5 Å². The zero-order valence-electron chi connectivity index (χ0n) is 12.2. The second kappa shape index (κ2) is 4.37. The van der Waals surface area contributed by atoms with Crippen LogP contribution < -0.4 is 4.90 Å². The van der Waals surface area contributed by atoms with Crippen LogP contribution in [0.25, 0.3) is 0 Å². The lowest BCUT2D eigenvalue weighted by molar-refractivity contribution is 0.324.